The van der Waals surface area contributed by atoms with Gasteiger partial charge in [-0.15, -0.1) is 0 Å². The average molecular weight is 531 g/mol. The van der Waals surface area contributed by atoms with Crippen molar-refractivity contribution in [3.63, 3.8) is 0 Å². The third-order valence-corrected chi connectivity index (χ3v) is 6.31. The molecule has 7 nitrogen and oxygen atoms in total. The number of carbonyl (C=O) groups is 1. The van der Waals surface area contributed by atoms with Crippen LogP contribution < -0.4 is 14.8 Å². The van der Waals surface area contributed by atoms with E-state index in [2.05, 4.69) is 18.3 Å². The number of fused-ring (bicyclic) bond motifs is 1. The van der Waals surface area contributed by atoms with Gasteiger partial charge in [-0.25, -0.2) is 9.78 Å². The van der Waals surface area contributed by atoms with Crippen LogP contribution in [0.5, 0.6) is 11.5 Å². The molecule has 0 aliphatic rings. The molecule has 1 heterocycles. The average Bonchev–Trinajstić information content (AvgIpc) is 3.32. The van der Waals surface area contributed by atoms with E-state index in [0.717, 1.165) is 40.0 Å². The molecule has 206 valence electrons. The van der Waals surface area contributed by atoms with Crippen molar-refractivity contribution in [1.82, 2.24) is 10.3 Å². The van der Waals surface area contributed by atoms with E-state index in [9.17, 15) is 4.79 Å². The minimum absolute atomic E-state index is 0.0526. The Balaban J connectivity index is 1.53. The summed E-state index contributed by atoms with van der Waals surface area (Å²) in [5.74, 6) is 1.50. The number of hydrogen-bond acceptors (Lipinski definition) is 7. The maximum atomic E-state index is 12.7. The lowest BCUT2D eigenvalue weighted by molar-refractivity contribution is -0.170. The molecule has 1 N–H and O–H groups in total. The van der Waals surface area contributed by atoms with Gasteiger partial charge in [-0.2, -0.15) is 0 Å². The molecular weight excluding hydrogens is 492 g/mol. The van der Waals surface area contributed by atoms with Gasteiger partial charge in [-0.3, -0.25) is 0 Å². The Kier molecular flexibility index (Phi) is 8.31. The van der Waals surface area contributed by atoms with Crippen LogP contribution in [-0.4, -0.2) is 29.3 Å². The van der Waals surface area contributed by atoms with Crippen LogP contribution in [0.15, 0.2) is 71.1 Å². The van der Waals surface area contributed by atoms with E-state index in [0.29, 0.717) is 18.2 Å². The third-order valence-electron chi connectivity index (χ3n) is 6.31. The van der Waals surface area contributed by atoms with Crippen LogP contribution >= 0.6 is 0 Å². The monoisotopic (exact) mass is 530 g/mol. The molecule has 0 saturated heterocycles. The minimum Gasteiger partial charge on any atom is -0.497 e. The summed E-state index contributed by atoms with van der Waals surface area (Å²) in [4.78, 5) is 17.4. The van der Waals surface area contributed by atoms with Crippen molar-refractivity contribution < 1.29 is 23.4 Å². The fourth-order valence-corrected chi connectivity index (χ4v) is 4.29. The number of benzene rings is 3. The molecule has 0 bridgehead atoms. The number of nitrogens with zero attached hydrogens (tertiary/aromatic N) is 1. The Bertz CT molecular complexity index is 1400. The molecule has 0 amide bonds. The number of esters is 1. The van der Waals surface area contributed by atoms with Crippen LogP contribution in [0.2, 0.25) is 0 Å². The van der Waals surface area contributed by atoms with Crippen molar-refractivity contribution in [2.45, 2.75) is 71.8 Å². The van der Waals surface area contributed by atoms with Gasteiger partial charge < -0.3 is 23.9 Å². The second-order valence-electron chi connectivity index (χ2n) is 11.0. The van der Waals surface area contributed by atoms with Crippen molar-refractivity contribution >= 4 is 17.1 Å². The van der Waals surface area contributed by atoms with Crippen LogP contribution in [0.25, 0.3) is 22.6 Å². The highest BCUT2D eigenvalue weighted by Gasteiger charge is 2.35. The summed E-state index contributed by atoms with van der Waals surface area (Å²) in [5, 5.41) is 3.67. The van der Waals surface area contributed by atoms with Gasteiger partial charge in [-0.1, -0.05) is 37.3 Å². The zero-order valence-electron chi connectivity index (χ0n) is 23.8. The molecule has 1 aromatic heterocycles. The van der Waals surface area contributed by atoms with Crippen molar-refractivity contribution in [2.24, 2.45) is 0 Å². The number of nitrogens with one attached hydrogen (secondary N) is 1. The van der Waals surface area contributed by atoms with Crippen LogP contribution in [0.4, 0.5) is 0 Å². The maximum Gasteiger partial charge on any atom is 0.350 e. The summed E-state index contributed by atoms with van der Waals surface area (Å²) < 4.78 is 23.2. The lowest BCUT2D eigenvalue weighted by atomic mass is 10.0. The Labute approximate surface area is 230 Å². The molecule has 1 unspecified atom stereocenters. The quantitative estimate of drug-likeness (QED) is 0.216. The van der Waals surface area contributed by atoms with Gasteiger partial charge in [0.15, 0.2) is 11.2 Å². The second-order valence-corrected chi connectivity index (χ2v) is 11.0. The first-order chi connectivity index (χ1) is 18.5. The van der Waals surface area contributed by atoms with E-state index in [1.807, 2.05) is 81.4 Å². The molecule has 0 radical (unpaired) electrons. The normalized spacial score (nSPS) is 12.8. The highest BCUT2D eigenvalue weighted by molar-refractivity contribution is 5.79. The number of aromatic nitrogens is 1. The van der Waals surface area contributed by atoms with Gasteiger partial charge in [0.2, 0.25) is 5.89 Å². The Morgan fingerprint density at radius 2 is 1.74 bits per heavy atom. The highest BCUT2D eigenvalue weighted by atomic mass is 16.6. The summed E-state index contributed by atoms with van der Waals surface area (Å²) in [7, 11) is 1.65. The first-order valence-electron chi connectivity index (χ1n) is 13.3. The van der Waals surface area contributed by atoms with Gasteiger partial charge >= 0.3 is 5.97 Å². The van der Waals surface area contributed by atoms with E-state index < -0.39 is 17.2 Å². The summed E-state index contributed by atoms with van der Waals surface area (Å²) in [5.41, 5.74) is 2.82. The molecule has 0 aliphatic heterocycles. The second kappa shape index (κ2) is 11.5. The first-order valence-corrected chi connectivity index (χ1v) is 13.3. The van der Waals surface area contributed by atoms with E-state index >= 15 is 0 Å². The van der Waals surface area contributed by atoms with E-state index in [1.165, 1.54) is 0 Å². The Morgan fingerprint density at radius 3 is 2.44 bits per heavy atom. The molecule has 0 saturated carbocycles. The number of rotatable bonds is 10. The fourth-order valence-electron chi connectivity index (χ4n) is 4.29. The number of methoxy groups -OCH3 is 1. The van der Waals surface area contributed by atoms with Gasteiger partial charge in [0.1, 0.15) is 22.6 Å². The summed E-state index contributed by atoms with van der Waals surface area (Å²) in [6, 6.07) is 21.5. The Morgan fingerprint density at radius 1 is 0.974 bits per heavy atom. The number of carbonyl (C=O) groups excluding carboxylic acids is 1. The number of para-hydroxylation sites is 2. The Hall–Kier alpha value is -3.84. The van der Waals surface area contributed by atoms with Crippen molar-refractivity contribution in [2.75, 3.05) is 7.11 Å². The van der Waals surface area contributed by atoms with Crippen molar-refractivity contribution in [3.05, 3.63) is 77.9 Å². The van der Waals surface area contributed by atoms with Crippen LogP contribution in [0, 0.1) is 0 Å². The van der Waals surface area contributed by atoms with Crippen LogP contribution in [-0.2, 0) is 16.1 Å². The van der Waals surface area contributed by atoms with Gasteiger partial charge in [0, 0.05) is 18.2 Å². The van der Waals surface area contributed by atoms with Gasteiger partial charge in [0.25, 0.3) is 0 Å². The highest BCUT2D eigenvalue weighted by Crippen LogP contribution is 2.31. The predicted octanol–water partition coefficient (Wildman–Crippen LogP) is 7.24. The molecule has 4 rings (SSSR count). The lowest BCUT2D eigenvalue weighted by Crippen LogP contribution is -2.43. The lowest BCUT2D eigenvalue weighted by Gasteiger charge is -2.29. The predicted molar refractivity (Wildman–Crippen MR) is 153 cm³/mol. The number of hydrogen-bond donors (Lipinski definition) is 1. The molecule has 3 aromatic carbocycles. The number of oxazole rings is 1. The smallest absolute Gasteiger partial charge is 0.350 e. The van der Waals surface area contributed by atoms with E-state index in [1.54, 1.807) is 21.0 Å². The molecular formula is C32H38N2O5. The number of ether oxygens (including phenoxy) is 3. The van der Waals surface area contributed by atoms with Gasteiger partial charge in [-0.05, 0) is 88.6 Å². The SMILES string of the molecule is CCC(NCc1ccc(OC)cc1-c1nc2ccccc2o1)c1cccc(OC(C)(C)C(=O)OC(C)(C)C)c1. The van der Waals surface area contributed by atoms with Gasteiger partial charge in [0.05, 0.1) is 7.11 Å². The molecule has 39 heavy (non-hydrogen) atoms. The molecule has 4 aromatic rings. The zero-order chi connectivity index (χ0) is 28.2. The largest absolute Gasteiger partial charge is 0.497 e. The summed E-state index contributed by atoms with van der Waals surface area (Å²) in [6.07, 6.45) is 0.854. The van der Waals surface area contributed by atoms with Crippen LogP contribution in [0.1, 0.15) is 65.1 Å². The fraction of sp³-hybridized carbons (Fsp3) is 0.375. The molecule has 7 heteroatoms. The van der Waals surface area contributed by atoms with Crippen molar-refractivity contribution in [3.8, 4) is 23.0 Å². The topological polar surface area (TPSA) is 82.8 Å². The summed E-state index contributed by atoms with van der Waals surface area (Å²) in [6.45, 7) is 11.7. The zero-order valence-corrected chi connectivity index (χ0v) is 23.8. The maximum absolute atomic E-state index is 12.7. The standard InChI is InChI=1S/C32H38N2O5/c1-8-26(21-12-11-13-24(18-21)38-32(5,6)30(35)39-31(2,3)4)33-20-22-16-17-23(36-7)19-25(22)29-34-27-14-9-10-15-28(27)37-29/h9-19,26,33H,8,20H2,1-7H3. The van der Waals surface area contributed by atoms with E-state index in [4.69, 9.17) is 23.6 Å². The summed E-state index contributed by atoms with van der Waals surface area (Å²) >= 11 is 0. The van der Waals surface area contributed by atoms with Crippen molar-refractivity contribution in [1.29, 1.82) is 0 Å². The third kappa shape index (κ3) is 6.98. The molecule has 0 aliphatic carbocycles. The molecule has 0 fully saturated rings. The molecule has 1 atom stereocenters. The minimum atomic E-state index is -1.13. The van der Waals surface area contributed by atoms with E-state index in [-0.39, 0.29) is 6.04 Å². The first kappa shape index (κ1) is 28.2. The molecule has 0 spiro atoms. The van der Waals surface area contributed by atoms with Crippen LogP contribution in [0.3, 0.4) is 0 Å².